The standard InChI is InChI=1S/C36H31BO2/c1-35(2)36(3,4)39-37(38-35)28-21-19-25(20-22-28)33-29-13-7-9-15-31(29)34(32-16-10-8-14-30(32)33)27-18-17-24-11-5-6-12-26(24)23-27/h5-23H,1-4H3. The molecule has 0 bridgehead atoms. The maximum Gasteiger partial charge on any atom is 0.494 e. The van der Waals surface area contributed by atoms with E-state index >= 15 is 0 Å². The van der Waals surface area contributed by atoms with Crippen LogP contribution < -0.4 is 5.46 Å². The summed E-state index contributed by atoms with van der Waals surface area (Å²) in [7, 11) is -0.368. The van der Waals surface area contributed by atoms with Crippen molar-refractivity contribution in [2.75, 3.05) is 0 Å². The van der Waals surface area contributed by atoms with Gasteiger partial charge in [0, 0.05) is 0 Å². The van der Waals surface area contributed by atoms with Crippen LogP contribution in [0.1, 0.15) is 27.7 Å². The molecule has 6 aromatic carbocycles. The normalized spacial score (nSPS) is 16.4. The van der Waals surface area contributed by atoms with Crippen LogP contribution in [-0.2, 0) is 9.31 Å². The molecule has 0 aromatic heterocycles. The molecule has 3 heteroatoms. The Kier molecular flexibility index (Phi) is 5.45. The second-order valence-corrected chi connectivity index (χ2v) is 11.6. The Balaban J connectivity index is 1.41. The van der Waals surface area contributed by atoms with Crippen LogP contribution in [0, 0.1) is 0 Å². The summed E-state index contributed by atoms with van der Waals surface area (Å²) in [6, 6.07) is 41.7. The Morgan fingerprint density at radius 3 is 1.44 bits per heavy atom. The SMILES string of the molecule is CC1(C)OB(c2ccc(-c3c4ccccc4c(-c4ccc5ccccc5c4)c4ccccc34)cc2)OC1(C)C. The van der Waals surface area contributed by atoms with E-state index in [-0.39, 0.29) is 18.3 Å². The highest BCUT2D eigenvalue weighted by molar-refractivity contribution is 6.62. The highest BCUT2D eigenvalue weighted by atomic mass is 16.7. The molecule has 1 aliphatic heterocycles. The van der Waals surface area contributed by atoms with Gasteiger partial charge in [-0.25, -0.2) is 0 Å². The fourth-order valence-corrected chi connectivity index (χ4v) is 5.88. The molecule has 0 saturated carbocycles. The Hall–Kier alpha value is -3.92. The summed E-state index contributed by atoms with van der Waals surface area (Å²) < 4.78 is 12.6. The van der Waals surface area contributed by atoms with Gasteiger partial charge in [-0.15, -0.1) is 0 Å². The van der Waals surface area contributed by atoms with E-state index in [1.165, 1.54) is 54.6 Å². The summed E-state index contributed by atoms with van der Waals surface area (Å²) in [4.78, 5) is 0. The number of fused-ring (bicyclic) bond motifs is 3. The second kappa shape index (κ2) is 8.81. The molecule has 6 aromatic rings. The van der Waals surface area contributed by atoms with Crippen molar-refractivity contribution in [1.82, 2.24) is 0 Å². The second-order valence-electron chi connectivity index (χ2n) is 11.6. The molecule has 0 spiro atoms. The lowest BCUT2D eigenvalue weighted by Crippen LogP contribution is -2.41. The van der Waals surface area contributed by atoms with Crippen molar-refractivity contribution < 1.29 is 9.31 Å². The fraction of sp³-hybridized carbons (Fsp3) is 0.167. The zero-order valence-corrected chi connectivity index (χ0v) is 22.9. The molecular weight excluding hydrogens is 475 g/mol. The lowest BCUT2D eigenvalue weighted by molar-refractivity contribution is 0.00578. The van der Waals surface area contributed by atoms with Crippen molar-refractivity contribution >= 4 is 44.9 Å². The first-order valence-corrected chi connectivity index (χ1v) is 13.7. The summed E-state index contributed by atoms with van der Waals surface area (Å²) in [6.07, 6.45) is 0. The zero-order chi connectivity index (χ0) is 26.8. The van der Waals surface area contributed by atoms with E-state index in [2.05, 4.69) is 143 Å². The van der Waals surface area contributed by atoms with E-state index in [4.69, 9.17) is 9.31 Å². The molecule has 190 valence electrons. The van der Waals surface area contributed by atoms with Crippen LogP contribution in [0.5, 0.6) is 0 Å². The average molecular weight is 506 g/mol. The number of benzene rings is 6. The van der Waals surface area contributed by atoms with Gasteiger partial charge in [-0.3, -0.25) is 0 Å². The summed E-state index contributed by atoms with van der Waals surface area (Å²) in [5.41, 5.74) is 5.29. The van der Waals surface area contributed by atoms with Gasteiger partial charge in [0.2, 0.25) is 0 Å². The van der Waals surface area contributed by atoms with E-state index in [1.807, 2.05) is 0 Å². The zero-order valence-electron chi connectivity index (χ0n) is 22.9. The van der Waals surface area contributed by atoms with Crippen molar-refractivity contribution in [2.24, 2.45) is 0 Å². The first-order chi connectivity index (χ1) is 18.8. The molecule has 1 fully saturated rings. The lowest BCUT2D eigenvalue weighted by Gasteiger charge is -2.32. The van der Waals surface area contributed by atoms with Gasteiger partial charge in [-0.1, -0.05) is 109 Å². The first-order valence-electron chi connectivity index (χ1n) is 13.7. The van der Waals surface area contributed by atoms with E-state index in [0.29, 0.717) is 0 Å². The molecule has 0 N–H and O–H groups in total. The third-order valence-electron chi connectivity index (χ3n) is 8.69. The van der Waals surface area contributed by atoms with Gasteiger partial charge in [0.25, 0.3) is 0 Å². The minimum atomic E-state index is -0.368. The van der Waals surface area contributed by atoms with Crippen LogP contribution in [0.15, 0.2) is 115 Å². The Morgan fingerprint density at radius 1 is 0.462 bits per heavy atom. The van der Waals surface area contributed by atoms with Crippen LogP contribution in [0.25, 0.3) is 54.6 Å². The van der Waals surface area contributed by atoms with Gasteiger partial charge in [-0.05, 0) is 93.8 Å². The lowest BCUT2D eigenvalue weighted by atomic mass is 9.78. The van der Waals surface area contributed by atoms with Crippen LogP contribution >= 0.6 is 0 Å². The van der Waals surface area contributed by atoms with E-state index in [1.54, 1.807) is 0 Å². The van der Waals surface area contributed by atoms with Crippen molar-refractivity contribution in [3.63, 3.8) is 0 Å². The van der Waals surface area contributed by atoms with Crippen molar-refractivity contribution in [3.8, 4) is 22.3 Å². The molecule has 0 unspecified atom stereocenters. The minimum absolute atomic E-state index is 0.360. The van der Waals surface area contributed by atoms with E-state index in [0.717, 1.165) is 5.46 Å². The molecule has 0 radical (unpaired) electrons. The molecule has 2 nitrogen and oxygen atoms in total. The molecule has 0 atom stereocenters. The highest BCUT2D eigenvalue weighted by Crippen LogP contribution is 2.44. The monoisotopic (exact) mass is 506 g/mol. The van der Waals surface area contributed by atoms with Gasteiger partial charge >= 0.3 is 7.12 Å². The molecule has 39 heavy (non-hydrogen) atoms. The fourth-order valence-electron chi connectivity index (χ4n) is 5.88. The molecule has 7 rings (SSSR count). The third kappa shape index (κ3) is 3.88. The van der Waals surface area contributed by atoms with Gasteiger partial charge in [0.05, 0.1) is 11.2 Å². The summed E-state index contributed by atoms with van der Waals surface area (Å²) in [5, 5.41) is 7.54. The van der Waals surface area contributed by atoms with Crippen LogP contribution in [0.4, 0.5) is 0 Å². The summed E-state index contributed by atoms with van der Waals surface area (Å²) in [5.74, 6) is 0. The predicted molar refractivity (Wildman–Crippen MR) is 166 cm³/mol. The summed E-state index contributed by atoms with van der Waals surface area (Å²) in [6.45, 7) is 8.38. The van der Waals surface area contributed by atoms with Crippen molar-refractivity contribution in [2.45, 2.75) is 38.9 Å². The Labute approximate surface area is 230 Å². The first kappa shape index (κ1) is 24.1. The van der Waals surface area contributed by atoms with E-state index < -0.39 is 0 Å². The van der Waals surface area contributed by atoms with Gasteiger partial charge in [-0.2, -0.15) is 0 Å². The van der Waals surface area contributed by atoms with Gasteiger partial charge in [0.15, 0.2) is 0 Å². The van der Waals surface area contributed by atoms with Crippen LogP contribution in [0.3, 0.4) is 0 Å². The molecule has 0 amide bonds. The number of rotatable bonds is 3. The largest absolute Gasteiger partial charge is 0.494 e. The van der Waals surface area contributed by atoms with Crippen LogP contribution in [-0.4, -0.2) is 18.3 Å². The van der Waals surface area contributed by atoms with E-state index in [9.17, 15) is 0 Å². The Morgan fingerprint density at radius 2 is 0.897 bits per heavy atom. The number of hydrogen-bond acceptors (Lipinski definition) is 2. The minimum Gasteiger partial charge on any atom is -0.399 e. The predicted octanol–water partition coefficient (Wildman–Crippen LogP) is 8.78. The van der Waals surface area contributed by atoms with Crippen molar-refractivity contribution in [3.05, 3.63) is 115 Å². The average Bonchev–Trinajstić information content (AvgIpc) is 3.17. The number of hydrogen-bond donors (Lipinski definition) is 0. The topological polar surface area (TPSA) is 18.5 Å². The maximum atomic E-state index is 6.31. The quantitative estimate of drug-likeness (QED) is 0.176. The summed E-state index contributed by atoms with van der Waals surface area (Å²) >= 11 is 0. The van der Waals surface area contributed by atoms with Gasteiger partial charge in [0.1, 0.15) is 0 Å². The van der Waals surface area contributed by atoms with Crippen LogP contribution in [0.2, 0.25) is 0 Å². The molecule has 1 saturated heterocycles. The smallest absolute Gasteiger partial charge is 0.399 e. The molecular formula is C36H31BO2. The molecule has 1 aliphatic rings. The molecule has 0 aliphatic carbocycles. The highest BCUT2D eigenvalue weighted by Gasteiger charge is 2.51. The molecule has 1 heterocycles. The third-order valence-corrected chi connectivity index (χ3v) is 8.69. The Bertz CT molecular complexity index is 1790. The maximum absolute atomic E-state index is 6.31. The van der Waals surface area contributed by atoms with Crippen molar-refractivity contribution in [1.29, 1.82) is 0 Å². The van der Waals surface area contributed by atoms with Gasteiger partial charge < -0.3 is 9.31 Å².